The van der Waals surface area contributed by atoms with Gasteiger partial charge in [0.2, 0.25) is 0 Å². The number of ether oxygens (including phenoxy) is 1. The minimum Gasteiger partial charge on any atom is -0.481 e. The van der Waals surface area contributed by atoms with Gasteiger partial charge in [-0.1, -0.05) is 0 Å². The summed E-state index contributed by atoms with van der Waals surface area (Å²) in [7, 11) is 0. The lowest BCUT2D eigenvalue weighted by Gasteiger charge is -2.16. The SMILES string of the molecule is CC(C)(O)COC(=O)CCCCC(=O)O. The number of rotatable bonds is 7. The lowest BCUT2D eigenvalue weighted by molar-refractivity contribution is -0.150. The maximum absolute atomic E-state index is 11.1. The molecule has 0 bridgehead atoms. The van der Waals surface area contributed by atoms with Crippen molar-refractivity contribution in [2.24, 2.45) is 0 Å². The second-order valence-electron chi connectivity index (χ2n) is 4.07. The summed E-state index contributed by atoms with van der Waals surface area (Å²) in [6, 6.07) is 0. The maximum atomic E-state index is 11.1. The zero-order valence-electron chi connectivity index (χ0n) is 9.15. The molecule has 0 rings (SSSR count). The molecule has 0 aromatic heterocycles. The molecule has 2 N–H and O–H groups in total. The molecule has 5 heteroatoms. The molecular formula is C10H18O5. The Labute approximate surface area is 89.0 Å². The molecule has 88 valence electrons. The molecule has 5 nitrogen and oxygen atoms in total. The second-order valence-corrected chi connectivity index (χ2v) is 4.07. The van der Waals surface area contributed by atoms with Crippen molar-refractivity contribution in [2.45, 2.75) is 45.1 Å². The Bertz CT molecular complexity index is 216. The predicted molar refractivity (Wildman–Crippen MR) is 53.4 cm³/mol. The van der Waals surface area contributed by atoms with Crippen LogP contribution in [0.2, 0.25) is 0 Å². The van der Waals surface area contributed by atoms with Crippen LogP contribution in [0.4, 0.5) is 0 Å². The number of carboxylic acids is 1. The van der Waals surface area contributed by atoms with E-state index < -0.39 is 17.5 Å². The zero-order valence-corrected chi connectivity index (χ0v) is 9.15. The van der Waals surface area contributed by atoms with Crippen LogP contribution >= 0.6 is 0 Å². The summed E-state index contributed by atoms with van der Waals surface area (Å²) < 4.78 is 4.78. The quantitative estimate of drug-likeness (QED) is 0.491. The third-order valence-electron chi connectivity index (χ3n) is 1.61. The van der Waals surface area contributed by atoms with E-state index in [0.29, 0.717) is 12.8 Å². The number of carbonyl (C=O) groups is 2. The molecule has 0 aliphatic rings. The smallest absolute Gasteiger partial charge is 0.305 e. The summed E-state index contributed by atoms with van der Waals surface area (Å²) in [5, 5.41) is 17.6. The number of hydrogen-bond donors (Lipinski definition) is 2. The Morgan fingerprint density at radius 2 is 1.73 bits per heavy atom. The first kappa shape index (κ1) is 13.9. The van der Waals surface area contributed by atoms with Crippen LogP contribution in [0.5, 0.6) is 0 Å². The molecule has 15 heavy (non-hydrogen) atoms. The first-order chi connectivity index (χ1) is 6.81. The number of aliphatic hydroxyl groups is 1. The zero-order chi connectivity index (χ0) is 11.9. The van der Waals surface area contributed by atoms with Crippen LogP contribution < -0.4 is 0 Å². The van der Waals surface area contributed by atoms with Crippen LogP contribution in [0.1, 0.15) is 39.5 Å². The van der Waals surface area contributed by atoms with Crippen molar-refractivity contribution >= 4 is 11.9 Å². The van der Waals surface area contributed by atoms with Gasteiger partial charge < -0.3 is 14.9 Å². The van der Waals surface area contributed by atoms with Gasteiger partial charge in [0, 0.05) is 12.8 Å². The van der Waals surface area contributed by atoms with Crippen LogP contribution in [-0.2, 0) is 14.3 Å². The van der Waals surface area contributed by atoms with Crippen molar-refractivity contribution in [3.05, 3.63) is 0 Å². The van der Waals surface area contributed by atoms with Gasteiger partial charge in [-0.25, -0.2) is 0 Å². The molecule has 0 saturated carbocycles. The molecule has 0 aromatic carbocycles. The fourth-order valence-electron chi connectivity index (χ4n) is 0.875. The van der Waals surface area contributed by atoms with E-state index in [4.69, 9.17) is 9.84 Å². The minimum absolute atomic E-state index is 0.0369. The van der Waals surface area contributed by atoms with E-state index >= 15 is 0 Å². The highest BCUT2D eigenvalue weighted by Crippen LogP contribution is 2.05. The van der Waals surface area contributed by atoms with E-state index in [1.54, 1.807) is 13.8 Å². The maximum Gasteiger partial charge on any atom is 0.305 e. The van der Waals surface area contributed by atoms with Gasteiger partial charge in [-0.15, -0.1) is 0 Å². The summed E-state index contributed by atoms with van der Waals surface area (Å²) in [4.78, 5) is 21.2. The molecule has 0 saturated heterocycles. The average molecular weight is 218 g/mol. The second kappa shape index (κ2) is 6.40. The first-order valence-corrected chi connectivity index (χ1v) is 4.91. The minimum atomic E-state index is -1.02. The third-order valence-corrected chi connectivity index (χ3v) is 1.61. The summed E-state index contributed by atoms with van der Waals surface area (Å²) in [5.41, 5.74) is -1.02. The number of unbranched alkanes of at least 4 members (excludes halogenated alkanes) is 1. The molecule has 0 amide bonds. The van der Waals surface area contributed by atoms with E-state index in [-0.39, 0.29) is 19.4 Å². The Kier molecular flexibility index (Phi) is 5.93. The molecule has 0 spiro atoms. The molecule has 0 heterocycles. The van der Waals surface area contributed by atoms with Gasteiger partial charge >= 0.3 is 11.9 Å². The largest absolute Gasteiger partial charge is 0.481 e. The summed E-state index contributed by atoms with van der Waals surface area (Å²) >= 11 is 0. The van der Waals surface area contributed by atoms with Crippen LogP contribution in [0, 0.1) is 0 Å². The van der Waals surface area contributed by atoms with Crippen LogP contribution in [0.25, 0.3) is 0 Å². The van der Waals surface area contributed by atoms with E-state index in [2.05, 4.69) is 0 Å². The monoisotopic (exact) mass is 218 g/mol. The number of hydrogen-bond acceptors (Lipinski definition) is 4. The lowest BCUT2D eigenvalue weighted by atomic mass is 10.1. The fraction of sp³-hybridized carbons (Fsp3) is 0.800. The Morgan fingerprint density at radius 1 is 1.20 bits per heavy atom. The molecule has 0 aliphatic carbocycles. The van der Waals surface area contributed by atoms with Gasteiger partial charge in [-0.3, -0.25) is 9.59 Å². The van der Waals surface area contributed by atoms with Crippen molar-refractivity contribution in [2.75, 3.05) is 6.61 Å². The Hall–Kier alpha value is -1.10. The topological polar surface area (TPSA) is 83.8 Å². The van der Waals surface area contributed by atoms with Gasteiger partial charge in [0.25, 0.3) is 0 Å². The standard InChI is InChI=1S/C10H18O5/c1-10(2,14)7-15-9(13)6-4-3-5-8(11)12/h14H,3-7H2,1-2H3,(H,11,12). The lowest BCUT2D eigenvalue weighted by Crippen LogP contribution is -2.27. The summed E-state index contributed by atoms with van der Waals surface area (Å²) in [6.07, 6.45) is 1.23. The Balaban J connectivity index is 3.46. The fourth-order valence-corrected chi connectivity index (χ4v) is 0.875. The van der Waals surface area contributed by atoms with E-state index in [1.807, 2.05) is 0 Å². The first-order valence-electron chi connectivity index (χ1n) is 4.91. The Morgan fingerprint density at radius 3 is 2.20 bits per heavy atom. The predicted octanol–water partition coefficient (Wildman–Crippen LogP) is 0.946. The number of carboxylic acid groups (broad SMARTS) is 1. The highest BCUT2D eigenvalue weighted by Gasteiger charge is 2.15. The molecular weight excluding hydrogens is 200 g/mol. The number of aliphatic carboxylic acids is 1. The van der Waals surface area contributed by atoms with Crippen LogP contribution in [0.3, 0.4) is 0 Å². The third kappa shape index (κ3) is 10.8. The van der Waals surface area contributed by atoms with Gasteiger partial charge in [-0.2, -0.15) is 0 Å². The molecule has 0 aromatic rings. The summed E-state index contributed by atoms with van der Waals surface area (Å²) in [5.74, 6) is -1.26. The van der Waals surface area contributed by atoms with Gasteiger partial charge in [0.1, 0.15) is 6.61 Å². The number of esters is 1. The van der Waals surface area contributed by atoms with E-state index in [0.717, 1.165) is 0 Å². The van der Waals surface area contributed by atoms with Crippen molar-refractivity contribution in [1.29, 1.82) is 0 Å². The summed E-state index contributed by atoms with van der Waals surface area (Å²) in [6.45, 7) is 3.06. The molecule has 0 aliphatic heterocycles. The molecule has 0 unspecified atom stereocenters. The van der Waals surface area contributed by atoms with Gasteiger partial charge in [0.05, 0.1) is 5.60 Å². The van der Waals surface area contributed by atoms with Crippen molar-refractivity contribution < 1.29 is 24.5 Å². The van der Waals surface area contributed by atoms with Gasteiger partial charge in [-0.05, 0) is 26.7 Å². The highest BCUT2D eigenvalue weighted by atomic mass is 16.5. The number of carbonyl (C=O) groups excluding carboxylic acids is 1. The van der Waals surface area contributed by atoms with Crippen LogP contribution in [0.15, 0.2) is 0 Å². The molecule has 0 atom stereocenters. The molecule has 0 fully saturated rings. The van der Waals surface area contributed by atoms with Crippen LogP contribution in [-0.4, -0.2) is 34.4 Å². The van der Waals surface area contributed by atoms with E-state index in [9.17, 15) is 14.7 Å². The molecule has 0 radical (unpaired) electrons. The highest BCUT2D eigenvalue weighted by molar-refractivity contribution is 5.69. The van der Waals surface area contributed by atoms with E-state index in [1.165, 1.54) is 0 Å². The van der Waals surface area contributed by atoms with Crippen molar-refractivity contribution in [3.8, 4) is 0 Å². The van der Waals surface area contributed by atoms with Gasteiger partial charge in [0.15, 0.2) is 0 Å². The van der Waals surface area contributed by atoms with Crippen molar-refractivity contribution in [3.63, 3.8) is 0 Å². The normalized spacial score (nSPS) is 11.1. The van der Waals surface area contributed by atoms with Crippen molar-refractivity contribution in [1.82, 2.24) is 0 Å². The average Bonchev–Trinajstić information content (AvgIpc) is 2.07.